The molecular formula is C28H23N3O. The minimum absolute atomic E-state index is 0.812. The smallest absolute Gasteiger partial charge is 0.158 e. The maximum absolute atomic E-state index is 7.57. The first-order valence-corrected chi connectivity index (χ1v) is 10.5. The molecule has 3 N–H and O–H groups in total. The van der Waals surface area contributed by atoms with E-state index in [4.69, 9.17) is 9.83 Å². The molecule has 0 aliphatic heterocycles. The summed E-state index contributed by atoms with van der Waals surface area (Å²) in [6.07, 6.45) is 1.36. The Kier molecular flexibility index (Phi) is 4.96. The van der Waals surface area contributed by atoms with Gasteiger partial charge in [0.15, 0.2) is 5.58 Å². The molecule has 0 saturated heterocycles. The topological polar surface area (TPSA) is 61.1 Å². The molecule has 5 aromatic rings. The van der Waals surface area contributed by atoms with Gasteiger partial charge in [-0.1, -0.05) is 67.2 Å². The fourth-order valence-electron chi connectivity index (χ4n) is 4.03. The van der Waals surface area contributed by atoms with Crippen molar-refractivity contribution in [2.45, 2.75) is 0 Å². The summed E-state index contributed by atoms with van der Waals surface area (Å²) in [7, 11) is 1.87. The van der Waals surface area contributed by atoms with Gasteiger partial charge in [0.25, 0.3) is 0 Å². The third-order valence-electron chi connectivity index (χ3n) is 5.72. The molecule has 0 unspecified atom stereocenters. The highest BCUT2D eigenvalue weighted by atomic mass is 16.3. The van der Waals surface area contributed by atoms with E-state index < -0.39 is 0 Å². The molecule has 1 heterocycles. The maximum Gasteiger partial charge on any atom is 0.158 e. The number of anilines is 2. The van der Waals surface area contributed by atoms with Crippen LogP contribution in [0.25, 0.3) is 38.8 Å². The van der Waals surface area contributed by atoms with Crippen molar-refractivity contribution in [3.8, 4) is 11.1 Å². The van der Waals surface area contributed by atoms with E-state index in [0.29, 0.717) is 0 Å². The molecule has 0 bridgehead atoms. The van der Waals surface area contributed by atoms with Gasteiger partial charge in [0.05, 0.1) is 5.69 Å². The molecule has 0 amide bonds. The molecule has 0 aliphatic carbocycles. The number of hydrogen-bond donors (Lipinski definition) is 3. The highest BCUT2D eigenvalue weighted by Crippen LogP contribution is 2.37. The van der Waals surface area contributed by atoms with E-state index in [1.54, 1.807) is 0 Å². The normalized spacial score (nSPS) is 10.9. The van der Waals surface area contributed by atoms with Crippen molar-refractivity contribution in [2.75, 3.05) is 17.7 Å². The molecule has 4 aromatic carbocycles. The lowest BCUT2D eigenvalue weighted by atomic mass is 10.0. The van der Waals surface area contributed by atoms with Gasteiger partial charge in [0.2, 0.25) is 0 Å². The van der Waals surface area contributed by atoms with Crippen LogP contribution in [0.15, 0.2) is 95.9 Å². The van der Waals surface area contributed by atoms with Crippen LogP contribution in [0.4, 0.5) is 11.4 Å². The van der Waals surface area contributed by atoms with Gasteiger partial charge in [0.1, 0.15) is 5.58 Å². The molecule has 4 heteroatoms. The monoisotopic (exact) mass is 417 g/mol. The zero-order chi connectivity index (χ0) is 22.1. The van der Waals surface area contributed by atoms with Crippen molar-refractivity contribution >= 4 is 45.2 Å². The number of benzene rings is 4. The molecule has 156 valence electrons. The van der Waals surface area contributed by atoms with Crippen LogP contribution in [-0.2, 0) is 0 Å². The Labute approximate surface area is 186 Å². The first kappa shape index (κ1) is 19.6. The Morgan fingerprint density at radius 2 is 1.62 bits per heavy atom. The van der Waals surface area contributed by atoms with E-state index in [1.165, 1.54) is 6.21 Å². The van der Waals surface area contributed by atoms with Gasteiger partial charge in [0, 0.05) is 41.0 Å². The van der Waals surface area contributed by atoms with Crippen LogP contribution in [0, 0.1) is 5.41 Å². The van der Waals surface area contributed by atoms with Crippen molar-refractivity contribution in [3.05, 3.63) is 103 Å². The summed E-state index contributed by atoms with van der Waals surface area (Å²) in [6.45, 7) is 4.19. The largest absolute Gasteiger partial charge is 0.454 e. The van der Waals surface area contributed by atoms with Crippen LogP contribution in [0.2, 0.25) is 0 Å². The Bertz CT molecular complexity index is 1460. The molecule has 0 spiro atoms. The minimum Gasteiger partial charge on any atom is -0.454 e. The highest BCUT2D eigenvalue weighted by molar-refractivity contribution is 6.10. The molecule has 5 rings (SSSR count). The molecule has 0 atom stereocenters. The molecule has 0 saturated carbocycles. The zero-order valence-electron chi connectivity index (χ0n) is 17.8. The summed E-state index contributed by atoms with van der Waals surface area (Å²) in [5.41, 5.74) is 8.38. The van der Waals surface area contributed by atoms with E-state index in [2.05, 4.69) is 41.5 Å². The number of hydrogen-bond acceptors (Lipinski definition) is 4. The second kappa shape index (κ2) is 8.08. The predicted molar refractivity (Wildman–Crippen MR) is 136 cm³/mol. The molecular weight excluding hydrogens is 394 g/mol. The third-order valence-corrected chi connectivity index (χ3v) is 5.72. The van der Waals surface area contributed by atoms with Gasteiger partial charge in [-0.2, -0.15) is 0 Å². The summed E-state index contributed by atoms with van der Waals surface area (Å²) in [5, 5.41) is 16.3. The van der Waals surface area contributed by atoms with Gasteiger partial charge < -0.3 is 20.5 Å². The molecule has 4 nitrogen and oxygen atoms in total. The highest BCUT2D eigenvalue weighted by Gasteiger charge is 2.13. The van der Waals surface area contributed by atoms with Crippen LogP contribution in [0.3, 0.4) is 0 Å². The van der Waals surface area contributed by atoms with Crippen molar-refractivity contribution in [2.24, 2.45) is 0 Å². The molecule has 0 aliphatic rings. The van der Waals surface area contributed by atoms with E-state index >= 15 is 0 Å². The predicted octanol–water partition coefficient (Wildman–Crippen LogP) is 7.38. The Morgan fingerprint density at radius 1 is 0.844 bits per heavy atom. The van der Waals surface area contributed by atoms with Gasteiger partial charge in [-0.25, -0.2) is 0 Å². The molecule has 32 heavy (non-hydrogen) atoms. The number of furan rings is 1. The van der Waals surface area contributed by atoms with E-state index in [0.717, 1.165) is 61.3 Å². The van der Waals surface area contributed by atoms with E-state index in [-0.39, 0.29) is 0 Å². The van der Waals surface area contributed by atoms with Crippen molar-refractivity contribution < 1.29 is 4.42 Å². The van der Waals surface area contributed by atoms with Crippen molar-refractivity contribution in [3.63, 3.8) is 0 Å². The zero-order valence-corrected chi connectivity index (χ0v) is 17.8. The van der Waals surface area contributed by atoms with E-state index in [1.807, 2.05) is 67.7 Å². The number of para-hydroxylation sites is 1. The Morgan fingerprint density at radius 3 is 2.41 bits per heavy atom. The lowest BCUT2D eigenvalue weighted by Gasteiger charge is -2.10. The van der Waals surface area contributed by atoms with Crippen molar-refractivity contribution in [1.29, 1.82) is 5.41 Å². The lowest BCUT2D eigenvalue weighted by Crippen LogP contribution is -1.97. The average molecular weight is 418 g/mol. The second-order valence-corrected chi connectivity index (χ2v) is 7.66. The van der Waals surface area contributed by atoms with Gasteiger partial charge in [-0.05, 0) is 41.0 Å². The average Bonchev–Trinajstić information content (AvgIpc) is 3.23. The number of fused-ring (bicyclic) bond motifs is 3. The summed E-state index contributed by atoms with van der Waals surface area (Å²) < 4.78 is 6.25. The van der Waals surface area contributed by atoms with Crippen LogP contribution in [-0.4, -0.2) is 13.3 Å². The number of rotatable bonds is 6. The fourth-order valence-corrected chi connectivity index (χ4v) is 4.03. The van der Waals surface area contributed by atoms with Crippen LogP contribution in [0.5, 0.6) is 0 Å². The second-order valence-electron chi connectivity index (χ2n) is 7.66. The summed E-state index contributed by atoms with van der Waals surface area (Å²) in [6, 6.07) is 28.5. The van der Waals surface area contributed by atoms with Gasteiger partial charge >= 0.3 is 0 Å². The Balaban J connectivity index is 1.57. The third kappa shape index (κ3) is 3.42. The lowest BCUT2D eigenvalue weighted by molar-refractivity contribution is 0.670. The summed E-state index contributed by atoms with van der Waals surface area (Å²) >= 11 is 0. The van der Waals surface area contributed by atoms with Crippen LogP contribution in [0.1, 0.15) is 11.1 Å². The summed E-state index contributed by atoms with van der Waals surface area (Å²) in [5.74, 6) is 0. The van der Waals surface area contributed by atoms with Crippen molar-refractivity contribution in [1.82, 2.24) is 0 Å². The molecule has 0 radical (unpaired) electrons. The van der Waals surface area contributed by atoms with Crippen LogP contribution >= 0.6 is 0 Å². The quantitative estimate of drug-likeness (QED) is 0.253. The standard InChI is InChI=1S/C28H23N3O/c1-18(19-7-4-3-5-8-19)31-25-10-6-9-23-24-15-20(13-14-27(24)32-28(23)25)21-11-12-22(17-29)26(16-21)30-2/h3-17,29-31H,1H2,2H3. The maximum atomic E-state index is 7.57. The molecule has 0 fully saturated rings. The number of nitrogens with one attached hydrogen (secondary N) is 3. The first-order chi connectivity index (χ1) is 15.7. The van der Waals surface area contributed by atoms with Gasteiger partial charge in [-0.3, -0.25) is 0 Å². The van der Waals surface area contributed by atoms with Crippen LogP contribution < -0.4 is 10.6 Å². The van der Waals surface area contributed by atoms with E-state index in [9.17, 15) is 0 Å². The summed E-state index contributed by atoms with van der Waals surface area (Å²) in [4.78, 5) is 0. The first-order valence-electron chi connectivity index (χ1n) is 10.5. The SMILES string of the molecule is C=C(Nc1cccc2c1oc1ccc(-c3ccc(C=N)c(NC)c3)cc12)c1ccccc1. The fraction of sp³-hybridized carbons (Fsp3) is 0.0357. The Hall–Kier alpha value is -4.31. The minimum atomic E-state index is 0.812. The molecule has 1 aromatic heterocycles. The van der Waals surface area contributed by atoms with Gasteiger partial charge in [-0.15, -0.1) is 0 Å².